The van der Waals surface area contributed by atoms with Crippen molar-refractivity contribution in [1.29, 1.82) is 0 Å². The van der Waals surface area contributed by atoms with Gasteiger partial charge in [-0.3, -0.25) is 0 Å². The van der Waals surface area contributed by atoms with Crippen molar-refractivity contribution in [2.75, 3.05) is 0 Å². The summed E-state index contributed by atoms with van der Waals surface area (Å²) in [6, 6.07) is 0. The highest BCUT2D eigenvalue weighted by Crippen LogP contribution is 2.57. The van der Waals surface area contributed by atoms with E-state index in [4.69, 9.17) is 4.74 Å². The van der Waals surface area contributed by atoms with E-state index >= 15 is 0 Å². The number of epoxide rings is 1. The van der Waals surface area contributed by atoms with Crippen molar-refractivity contribution in [1.82, 2.24) is 0 Å². The van der Waals surface area contributed by atoms with Crippen LogP contribution in [-0.4, -0.2) is 11.7 Å². The lowest BCUT2D eigenvalue weighted by Gasteiger charge is -2.15. The van der Waals surface area contributed by atoms with Gasteiger partial charge in [0.25, 0.3) is 0 Å². The van der Waals surface area contributed by atoms with E-state index in [1.165, 1.54) is 12.8 Å². The molecule has 1 saturated carbocycles. The summed E-state index contributed by atoms with van der Waals surface area (Å²) < 4.78 is 5.73. The maximum Gasteiger partial charge on any atom is 0.107 e. The molecular formula is C11H16O. The number of hydrogen-bond acceptors (Lipinski definition) is 1. The normalized spacial score (nSPS) is 42.9. The summed E-state index contributed by atoms with van der Waals surface area (Å²) >= 11 is 0. The Morgan fingerprint density at radius 1 is 1.25 bits per heavy atom. The zero-order valence-corrected chi connectivity index (χ0v) is 7.62. The lowest BCUT2D eigenvalue weighted by Crippen LogP contribution is -2.25. The summed E-state index contributed by atoms with van der Waals surface area (Å²) in [5, 5.41) is 0. The van der Waals surface area contributed by atoms with Crippen molar-refractivity contribution in [3.63, 3.8) is 0 Å². The minimum atomic E-state index is 0.101. The highest BCUT2D eigenvalue weighted by atomic mass is 16.6. The van der Waals surface area contributed by atoms with Gasteiger partial charge in [0.15, 0.2) is 0 Å². The molecule has 0 aromatic carbocycles. The minimum absolute atomic E-state index is 0.101. The van der Waals surface area contributed by atoms with Crippen molar-refractivity contribution in [2.24, 2.45) is 11.8 Å². The summed E-state index contributed by atoms with van der Waals surface area (Å²) in [5.41, 5.74) is 0.101. The highest BCUT2D eigenvalue weighted by Gasteiger charge is 2.64. The predicted octanol–water partition coefficient (Wildman–Crippen LogP) is 2.54. The summed E-state index contributed by atoms with van der Waals surface area (Å²) in [4.78, 5) is 0. The van der Waals surface area contributed by atoms with Crippen LogP contribution in [0.15, 0.2) is 25.3 Å². The maximum atomic E-state index is 5.73. The fourth-order valence-electron chi connectivity index (χ4n) is 2.74. The Kier molecular flexibility index (Phi) is 1.65. The second-order valence-corrected chi connectivity index (χ2v) is 3.88. The molecule has 1 nitrogen and oxygen atoms in total. The van der Waals surface area contributed by atoms with E-state index in [9.17, 15) is 0 Å². The van der Waals surface area contributed by atoms with Crippen LogP contribution < -0.4 is 0 Å². The molecule has 0 radical (unpaired) electrons. The monoisotopic (exact) mass is 164 g/mol. The van der Waals surface area contributed by atoms with Crippen LogP contribution in [0.2, 0.25) is 0 Å². The van der Waals surface area contributed by atoms with Crippen molar-refractivity contribution in [3.8, 4) is 0 Å². The molecule has 2 rings (SSSR count). The van der Waals surface area contributed by atoms with Gasteiger partial charge in [0.2, 0.25) is 0 Å². The van der Waals surface area contributed by atoms with Gasteiger partial charge in [-0.05, 0) is 19.8 Å². The summed E-state index contributed by atoms with van der Waals surface area (Å²) in [5.74, 6) is 1.10. The molecule has 2 aliphatic rings. The van der Waals surface area contributed by atoms with Gasteiger partial charge in [-0.2, -0.15) is 0 Å². The molecule has 0 amide bonds. The predicted molar refractivity (Wildman–Crippen MR) is 49.9 cm³/mol. The molecule has 1 heterocycles. The Morgan fingerprint density at radius 3 is 1.92 bits per heavy atom. The fraction of sp³-hybridized carbons (Fsp3) is 0.636. The quantitative estimate of drug-likeness (QED) is 0.451. The molecule has 12 heavy (non-hydrogen) atoms. The minimum Gasteiger partial charge on any atom is -0.365 e. The third kappa shape index (κ3) is 0.776. The molecule has 0 N–H and O–H groups in total. The lowest BCUT2D eigenvalue weighted by molar-refractivity contribution is 0.239. The molecule has 1 unspecified atom stereocenters. The van der Waals surface area contributed by atoms with Gasteiger partial charge < -0.3 is 4.74 Å². The van der Waals surface area contributed by atoms with Crippen LogP contribution in [0.5, 0.6) is 0 Å². The Labute approximate surface area is 74.1 Å². The molecule has 3 atom stereocenters. The van der Waals surface area contributed by atoms with Crippen LogP contribution in [0, 0.1) is 11.8 Å². The van der Waals surface area contributed by atoms with Crippen molar-refractivity contribution in [3.05, 3.63) is 25.3 Å². The van der Waals surface area contributed by atoms with Gasteiger partial charge in [-0.15, -0.1) is 13.2 Å². The average Bonchev–Trinajstić information content (AvgIpc) is 2.62. The third-order valence-corrected chi connectivity index (χ3v) is 3.48. The zero-order valence-electron chi connectivity index (χ0n) is 7.62. The number of hydrogen-bond donors (Lipinski definition) is 0. The second-order valence-electron chi connectivity index (χ2n) is 3.88. The van der Waals surface area contributed by atoms with Crippen molar-refractivity contribution < 1.29 is 4.74 Å². The molecule has 1 saturated heterocycles. The molecule has 0 aromatic rings. The van der Waals surface area contributed by atoms with Crippen molar-refractivity contribution >= 4 is 0 Å². The molecule has 1 aliphatic carbocycles. The highest BCUT2D eigenvalue weighted by molar-refractivity contribution is 5.20. The standard InChI is InChI=1S/C11H16O/c1-4-9-6-7-10(5-2)11(9)8(3)12-11/h4-5,8-10H,1-2,6-7H2,3H3/t8?,9-,10-/m1/s1. The molecule has 0 aromatic heterocycles. The first-order chi connectivity index (χ1) is 5.75. The van der Waals surface area contributed by atoms with Gasteiger partial charge >= 0.3 is 0 Å². The smallest absolute Gasteiger partial charge is 0.107 e. The number of ether oxygens (including phenoxy) is 1. The van der Waals surface area contributed by atoms with Crippen LogP contribution in [0.25, 0.3) is 0 Å². The van der Waals surface area contributed by atoms with E-state index in [2.05, 4.69) is 20.1 Å². The second kappa shape index (κ2) is 2.46. The molecular weight excluding hydrogens is 148 g/mol. The summed E-state index contributed by atoms with van der Waals surface area (Å²) in [6.45, 7) is 9.89. The Bertz CT molecular complexity index is 203. The van der Waals surface area contributed by atoms with Gasteiger partial charge in [0, 0.05) is 11.8 Å². The topological polar surface area (TPSA) is 12.5 Å². The largest absolute Gasteiger partial charge is 0.365 e. The summed E-state index contributed by atoms with van der Waals surface area (Å²) in [6.07, 6.45) is 6.93. The van der Waals surface area contributed by atoms with Gasteiger partial charge in [0.05, 0.1) is 6.10 Å². The van der Waals surface area contributed by atoms with E-state index in [1.54, 1.807) is 0 Å². The van der Waals surface area contributed by atoms with E-state index in [-0.39, 0.29) is 5.60 Å². The zero-order chi connectivity index (χ0) is 8.77. The Morgan fingerprint density at radius 2 is 1.67 bits per heavy atom. The third-order valence-electron chi connectivity index (χ3n) is 3.48. The molecule has 0 bridgehead atoms. The lowest BCUT2D eigenvalue weighted by atomic mass is 9.86. The maximum absolute atomic E-state index is 5.73. The first-order valence-electron chi connectivity index (χ1n) is 4.68. The first kappa shape index (κ1) is 8.06. The van der Waals surface area contributed by atoms with Gasteiger partial charge in [0.1, 0.15) is 5.60 Å². The Balaban J connectivity index is 2.24. The Hall–Kier alpha value is -0.560. The molecule has 1 spiro atoms. The van der Waals surface area contributed by atoms with Crippen LogP contribution in [-0.2, 0) is 4.74 Å². The van der Waals surface area contributed by atoms with E-state index in [0.717, 1.165) is 0 Å². The van der Waals surface area contributed by atoms with Crippen molar-refractivity contribution in [2.45, 2.75) is 31.5 Å². The number of rotatable bonds is 2. The van der Waals surface area contributed by atoms with Gasteiger partial charge in [-0.25, -0.2) is 0 Å². The average molecular weight is 164 g/mol. The summed E-state index contributed by atoms with van der Waals surface area (Å²) in [7, 11) is 0. The van der Waals surface area contributed by atoms with Crippen LogP contribution in [0.1, 0.15) is 19.8 Å². The van der Waals surface area contributed by atoms with E-state index < -0.39 is 0 Å². The molecule has 66 valence electrons. The molecule has 1 aliphatic heterocycles. The van der Waals surface area contributed by atoms with Crippen LogP contribution in [0.4, 0.5) is 0 Å². The SMILES string of the molecule is C=C[C@@H]1CC[C@@H](C=C)C12OC2C. The van der Waals surface area contributed by atoms with Crippen LogP contribution >= 0.6 is 0 Å². The van der Waals surface area contributed by atoms with E-state index in [1.807, 2.05) is 12.2 Å². The molecule has 1 heteroatoms. The molecule has 2 fully saturated rings. The van der Waals surface area contributed by atoms with Gasteiger partial charge in [-0.1, -0.05) is 12.2 Å². The first-order valence-corrected chi connectivity index (χ1v) is 4.68. The van der Waals surface area contributed by atoms with E-state index in [0.29, 0.717) is 17.9 Å². The fourth-order valence-corrected chi connectivity index (χ4v) is 2.74. The van der Waals surface area contributed by atoms with Crippen LogP contribution in [0.3, 0.4) is 0 Å².